The molecule has 2 nitrogen and oxygen atoms in total. The van der Waals surface area contributed by atoms with Crippen LogP contribution >= 0.6 is 0 Å². The molecule has 0 fully saturated rings. The van der Waals surface area contributed by atoms with Crippen LogP contribution in [0.25, 0.3) is 0 Å². The maximum atomic E-state index is 5.26. The normalized spacial score (nSPS) is 27.2. The van der Waals surface area contributed by atoms with Crippen molar-refractivity contribution in [2.45, 2.75) is 26.4 Å². The molecule has 0 unspecified atom stereocenters. The van der Waals surface area contributed by atoms with Crippen LogP contribution < -0.4 is 0 Å². The second-order valence-electron chi connectivity index (χ2n) is 2.02. The summed E-state index contributed by atoms with van der Waals surface area (Å²) in [6.07, 6.45) is 1.26. The molecule has 0 bridgehead atoms. The molecule has 0 N–H and O–H groups in total. The van der Waals surface area contributed by atoms with Crippen LogP contribution in [0, 0.1) is 0 Å². The van der Waals surface area contributed by atoms with Crippen LogP contribution in [0.2, 0.25) is 0 Å². The summed E-state index contributed by atoms with van der Waals surface area (Å²) in [5, 5.41) is 0. The average Bonchev–Trinajstić information content (AvgIpc) is 2.14. The Labute approximate surface area is 49.6 Å². The van der Waals surface area contributed by atoms with Crippen LogP contribution in [-0.2, 0) is 4.74 Å². The van der Waals surface area contributed by atoms with E-state index < -0.39 is 0 Å². The van der Waals surface area contributed by atoms with Crippen LogP contribution in [-0.4, -0.2) is 18.5 Å². The number of nitrogens with zero attached hydrogens (tertiary/aromatic N) is 1. The minimum Gasteiger partial charge on any atom is -0.476 e. The van der Waals surface area contributed by atoms with Crippen molar-refractivity contribution in [3.05, 3.63) is 0 Å². The van der Waals surface area contributed by atoms with E-state index in [1.165, 1.54) is 0 Å². The maximum absolute atomic E-state index is 5.26. The number of hydrogen-bond acceptors (Lipinski definition) is 2. The third-order valence-corrected chi connectivity index (χ3v) is 1.16. The lowest BCUT2D eigenvalue weighted by Gasteiger charge is -2.01. The topological polar surface area (TPSA) is 21.6 Å². The summed E-state index contributed by atoms with van der Waals surface area (Å²) in [6, 6.07) is 0. The van der Waals surface area contributed by atoms with Gasteiger partial charge >= 0.3 is 0 Å². The molecule has 0 amide bonds. The molecule has 2 heteroatoms. The first-order valence-electron chi connectivity index (χ1n) is 3.03. The van der Waals surface area contributed by atoms with Gasteiger partial charge in [-0.1, -0.05) is 6.92 Å². The van der Waals surface area contributed by atoms with E-state index in [1.807, 2.05) is 6.92 Å². The van der Waals surface area contributed by atoms with Gasteiger partial charge in [0, 0.05) is 6.42 Å². The van der Waals surface area contributed by atoms with Gasteiger partial charge in [0.15, 0.2) is 5.90 Å². The van der Waals surface area contributed by atoms with Gasteiger partial charge < -0.3 is 4.74 Å². The molecular weight excluding hydrogens is 102 g/mol. The van der Waals surface area contributed by atoms with E-state index in [-0.39, 0.29) is 0 Å². The van der Waals surface area contributed by atoms with Gasteiger partial charge in [-0.15, -0.1) is 0 Å². The Bertz CT molecular complexity index is 109. The maximum Gasteiger partial charge on any atom is 0.183 e. The van der Waals surface area contributed by atoms with E-state index in [1.54, 1.807) is 0 Å². The van der Waals surface area contributed by atoms with Crippen molar-refractivity contribution in [2.75, 3.05) is 6.54 Å². The Balaban J connectivity index is 2.37. The predicted octanol–water partition coefficient (Wildman–Crippen LogP) is 1.21. The Morgan fingerprint density at radius 2 is 2.62 bits per heavy atom. The molecule has 0 spiro atoms. The highest BCUT2D eigenvalue weighted by Gasteiger charge is 2.11. The van der Waals surface area contributed by atoms with Gasteiger partial charge in [-0.2, -0.15) is 0 Å². The van der Waals surface area contributed by atoms with Crippen molar-refractivity contribution in [3.8, 4) is 0 Å². The monoisotopic (exact) mass is 113 g/mol. The molecule has 1 rings (SSSR count). The SMILES string of the molecule is CCC1=NC[C@@H](C)O1. The van der Waals surface area contributed by atoms with Gasteiger partial charge in [-0.05, 0) is 6.92 Å². The van der Waals surface area contributed by atoms with E-state index >= 15 is 0 Å². The van der Waals surface area contributed by atoms with Crippen LogP contribution in [0.5, 0.6) is 0 Å². The van der Waals surface area contributed by atoms with Crippen molar-refractivity contribution in [1.29, 1.82) is 0 Å². The van der Waals surface area contributed by atoms with Crippen molar-refractivity contribution in [2.24, 2.45) is 4.99 Å². The van der Waals surface area contributed by atoms with E-state index in [2.05, 4.69) is 11.9 Å². The zero-order chi connectivity index (χ0) is 5.98. The predicted molar refractivity (Wildman–Crippen MR) is 33.1 cm³/mol. The fraction of sp³-hybridized carbons (Fsp3) is 0.833. The van der Waals surface area contributed by atoms with Gasteiger partial charge in [0.2, 0.25) is 0 Å². The van der Waals surface area contributed by atoms with E-state index in [4.69, 9.17) is 4.74 Å². The lowest BCUT2D eigenvalue weighted by Crippen LogP contribution is -2.06. The van der Waals surface area contributed by atoms with Gasteiger partial charge in [0.1, 0.15) is 6.10 Å². The minimum absolute atomic E-state index is 0.324. The molecule has 0 saturated carbocycles. The lowest BCUT2D eigenvalue weighted by molar-refractivity contribution is 0.240. The molecule has 0 aliphatic carbocycles. The summed E-state index contributed by atoms with van der Waals surface area (Å²) in [7, 11) is 0. The Morgan fingerprint density at radius 3 is 2.88 bits per heavy atom. The van der Waals surface area contributed by atoms with Crippen LogP contribution in [0.3, 0.4) is 0 Å². The van der Waals surface area contributed by atoms with Crippen LogP contribution in [0.1, 0.15) is 20.3 Å². The number of hydrogen-bond donors (Lipinski definition) is 0. The first kappa shape index (κ1) is 5.60. The van der Waals surface area contributed by atoms with E-state index in [0.717, 1.165) is 18.9 Å². The number of ether oxygens (including phenoxy) is 1. The molecule has 1 aliphatic rings. The highest BCUT2D eigenvalue weighted by molar-refractivity contribution is 5.77. The zero-order valence-electron chi connectivity index (χ0n) is 5.35. The molecule has 0 saturated heterocycles. The van der Waals surface area contributed by atoms with Crippen molar-refractivity contribution in [3.63, 3.8) is 0 Å². The highest BCUT2D eigenvalue weighted by Crippen LogP contribution is 2.04. The molecule has 8 heavy (non-hydrogen) atoms. The quantitative estimate of drug-likeness (QED) is 0.501. The second kappa shape index (κ2) is 2.16. The summed E-state index contributed by atoms with van der Waals surface area (Å²) >= 11 is 0. The average molecular weight is 113 g/mol. The Kier molecular flexibility index (Phi) is 1.51. The molecular formula is C6H11NO. The molecule has 0 radical (unpaired) electrons. The Morgan fingerprint density at radius 1 is 1.88 bits per heavy atom. The fourth-order valence-electron chi connectivity index (χ4n) is 0.732. The van der Waals surface area contributed by atoms with Crippen molar-refractivity contribution < 1.29 is 4.74 Å². The first-order chi connectivity index (χ1) is 3.83. The number of aliphatic imine (C=N–C) groups is 1. The summed E-state index contributed by atoms with van der Waals surface area (Å²) in [5.41, 5.74) is 0. The van der Waals surface area contributed by atoms with Crippen LogP contribution in [0.15, 0.2) is 4.99 Å². The van der Waals surface area contributed by atoms with Gasteiger partial charge in [-0.25, -0.2) is 0 Å². The smallest absolute Gasteiger partial charge is 0.183 e. The minimum atomic E-state index is 0.324. The number of rotatable bonds is 1. The fourth-order valence-corrected chi connectivity index (χ4v) is 0.732. The largest absolute Gasteiger partial charge is 0.476 e. The highest BCUT2D eigenvalue weighted by atomic mass is 16.5. The third kappa shape index (κ3) is 0.997. The summed E-state index contributed by atoms with van der Waals surface area (Å²) < 4.78 is 5.26. The first-order valence-corrected chi connectivity index (χ1v) is 3.03. The molecule has 0 aromatic heterocycles. The second-order valence-corrected chi connectivity index (χ2v) is 2.02. The Hall–Kier alpha value is -0.530. The molecule has 1 aliphatic heterocycles. The molecule has 1 heterocycles. The lowest BCUT2D eigenvalue weighted by atomic mass is 10.4. The standard InChI is InChI=1S/C6H11NO/c1-3-6-7-4-5(2)8-6/h5H,3-4H2,1-2H3/t5-/m1/s1. The van der Waals surface area contributed by atoms with Crippen molar-refractivity contribution in [1.82, 2.24) is 0 Å². The summed E-state index contributed by atoms with van der Waals surface area (Å²) in [5.74, 6) is 0.914. The molecule has 0 aromatic rings. The van der Waals surface area contributed by atoms with Gasteiger partial charge in [0.05, 0.1) is 6.54 Å². The summed E-state index contributed by atoms with van der Waals surface area (Å²) in [4.78, 5) is 4.13. The zero-order valence-corrected chi connectivity index (χ0v) is 5.35. The molecule has 0 aromatic carbocycles. The molecule has 46 valence electrons. The van der Waals surface area contributed by atoms with Crippen molar-refractivity contribution >= 4 is 5.90 Å². The third-order valence-electron chi connectivity index (χ3n) is 1.16. The molecule has 1 atom stereocenters. The van der Waals surface area contributed by atoms with Gasteiger partial charge in [0.25, 0.3) is 0 Å². The summed E-state index contributed by atoms with van der Waals surface area (Å²) in [6.45, 7) is 4.94. The van der Waals surface area contributed by atoms with E-state index in [9.17, 15) is 0 Å². The van der Waals surface area contributed by atoms with Gasteiger partial charge in [-0.3, -0.25) is 4.99 Å². The van der Waals surface area contributed by atoms with Crippen LogP contribution in [0.4, 0.5) is 0 Å². The van der Waals surface area contributed by atoms with E-state index in [0.29, 0.717) is 6.10 Å².